The van der Waals surface area contributed by atoms with Gasteiger partial charge in [0.15, 0.2) is 0 Å². The van der Waals surface area contributed by atoms with Crippen LogP contribution in [0.5, 0.6) is 5.75 Å². The van der Waals surface area contributed by atoms with Crippen molar-refractivity contribution in [1.82, 2.24) is 4.98 Å². The molecule has 0 bridgehead atoms. The van der Waals surface area contributed by atoms with Gasteiger partial charge in [-0.2, -0.15) is 0 Å². The first kappa shape index (κ1) is 12.5. The number of rotatable bonds is 3. The minimum atomic E-state index is -1.29. The minimum absolute atomic E-state index is 0.410. The van der Waals surface area contributed by atoms with Crippen LogP contribution >= 0.6 is 0 Å². The zero-order valence-electron chi connectivity index (χ0n) is 10.2. The van der Waals surface area contributed by atoms with Crippen LogP contribution in [0.1, 0.15) is 18.1 Å². The molecule has 0 fully saturated rings. The van der Waals surface area contributed by atoms with Gasteiger partial charge in [-0.05, 0) is 30.7 Å². The van der Waals surface area contributed by atoms with Crippen LogP contribution in [-0.2, 0) is 5.60 Å². The van der Waals surface area contributed by atoms with Crippen molar-refractivity contribution in [1.29, 1.82) is 0 Å². The van der Waals surface area contributed by atoms with Gasteiger partial charge in [0.1, 0.15) is 17.2 Å². The molecule has 3 nitrogen and oxygen atoms in total. The Kier molecular flexibility index (Phi) is 3.30. The third-order valence-corrected chi connectivity index (χ3v) is 2.92. The SMILES string of the molecule is COc1ccc(C(C)(O)c2cncc(F)c2)cc1. The van der Waals surface area contributed by atoms with Gasteiger partial charge in [-0.3, -0.25) is 4.98 Å². The average molecular weight is 247 g/mol. The first-order valence-corrected chi connectivity index (χ1v) is 5.52. The number of aromatic nitrogens is 1. The Morgan fingerprint density at radius 3 is 2.39 bits per heavy atom. The summed E-state index contributed by atoms with van der Waals surface area (Å²) < 4.78 is 18.2. The molecule has 0 spiro atoms. The summed E-state index contributed by atoms with van der Waals surface area (Å²) in [6, 6.07) is 8.25. The molecule has 0 aliphatic heterocycles. The van der Waals surface area contributed by atoms with E-state index >= 15 is 0 Å². The van der Waals surface area contributed by atoms with E-state index in [9.17, 15) is 9.50 Å². The second kappa shape index (κ2) is 4.74. The quantitative estimate of drug-likeness (QED) is 0.906. The Morgan fingerprint density at radius 2 is 1.83 bits per heavy atom. The van der Waals surface area contributed by atoms with Gasteiger partial charge in [-0.15, -0.1) is 0 Å². The van der Waals surface area contributed by atoms with Crippen molar-refractivity contribution in [2.24, 2.45) is 0 Å². The molecule has 2 aromatic rings. The van der Waals surface area contributed by atoms with Crippen LogP contribution in [0.15, 0.2) is 42.7 Å². The molecule has 0 radical (unpaired) electrons. The molecule has 0 amide bonds. The molecule has 94 valence electrons. The lowest BCUT2D eigenvalue weighted by Crippen LogP contribution is -2.23. The second-order valence-electron chi connectivity index (χ2n) is 4.19. The van der Waals surface area contributed by atoms with Gasteiger partial charge in [0, 0.05) is 11.8 Å². The molecule has 0 aliphatic rings. The number of halogens is 1. The first-order chi connectivity index (χ1) is 8.54. The topological polar surface area (TPSA) is 42.4 Å². The van der Waals surface area contributed by atoms with Crippen molar-refractivity contribution < 1.29 is 14.2 Å². The van der Waals surface area contributed by atoms with Crippen LogP contribution in [0, 0.1) is 5.82 Å². The summed E-state index contributed by atoms with van der Waals surface area (Å²) >= 11 is 0. The highest BCUT2D eigenvalue weighted by Gasteiger charge is 2.26. The maximum Gasteiger partial charge on any atom is 0.141 e. The summed E-state index contributed by atoms with van der Waals surface area (Å²) in [4.78, 5) is 3.75. The molecule has 1 atom stereocenters. The van der Waals surface area contributed by atoms with E-state index < -0.39 is 11.4 Å². The minimum Gasteiger partial charge on any atom is -0.497 e. The lowest BCUT2D eigenvalue weighted by Gasteiger charge is -2.24. The van der Waals surface area contributed by atoms with Crippen LogP contribution in [0.2, 0.25) is 0 Å². The summed E-state index contributed by atoms with van der Waals surface area (Å²) in [6.07, 6.45) is 2.56. The lowest BCUT2D eigenvalue weighted by molar-refractivity contribution is 0.101. The number of hydrogen-bond donors (Lipinski definition) is 1. The largest absolute Gasteiger partial charge is 0.497 e. The lowest BCUT2D eigenvalue weighted by atomic mass is 9.89. The molecule has 1 N–H and O–H groups in total. The number of benzene rings is 1. The van der Waals surface area contributed by atoms with Crippen LogP contribution in [0.25, 0.3) is 0 Å². The molecular weight excluding hydrogens is 233 g/mol. The van der Waals surface area contributed by atoms with Gasteiger partial charge in [0.05, 0.1) is 13.3 Å². The van der Waals surface area contributed by atoms with E-state index in [-0.39, 0.29) is 0 Å². The predicted octanol–water partition coefficient (Wildman–Crippen LogP) is 2.49. The van der Waals surface area contributed by atoms with Gasteiger partial charge in [-0.25, -0.2) is 4.39 Å². The fourth-order valence-corrected chi connectivity index (χ4v) is 1.76. The Hall–Kier alpha value is -1.94. The average Bonchev–Trinajstić information content (AvgIpc) is 2.39. The molecule has 1 aromatic carbocycles. The Balaban J connectivity index is 2.40. The van der Waals surface area contributed by atoms with Gasteiger partial charge >= 0.3 is 0 Å². The molecular formula is C14H14FNO2. The molecule has 0 saturated heterocycles. The molecule has 1 unspecified atom stereocenters. The monoisotopic (exact) mass is 247 g/mol. The summed E-state index contributed by atoms with van der Waals surface area (Å²) in [5, 5.41) is 10.5. The molecule has 1 heterocycles. The summed E-state index contributed by atoms with van der Waals surface area (Å²) in [7, 11) is 1.57. The molecule has 4 heteroatoms. The smallest absolute Gasteiger partial charge is 0.141 e. The van der Waals surface area contributed by atoms with Crippen molar-refractivity contribution in [2.75, 3.05) is 7.11 Å². The highest BCUT2D eigenvalue weighted by Crippen LogP contribution is 2.29. The summed E-state index contributed by atoms with van der Waals surface area (Å²) in [5.41, 5.74) is -0.232. The zero-order chi connectivity index (χ0) is 13.2. The zero-order valence-corrected chi connectivity index (χ0v) is 10.2. The van der Waals surface area contributed by atoms with E-state index in [1.54, 1.807) is 38.3 Å². The van der Waals surface area contributed by atoms with E-state index in [0.717, 1.165) is 6.20 Å². The summed E-state index contributed by atoms with van der Waals surface area (Å²) in [5.74, 6) is 0.230. The normalized spacial score (nSPS) is 14.0. The highest BCUT2D eigenvalue weighted by atomic mass is 19.1. The van der Waals surface area contributed by atoms with Crippen molar-refractivity contribution in [3.8, 4) is 5.75 Å². The van der Waals surface area contributed by atoms with Gasteiger partial charge in [-0.1, -0.05) is 12.1 Å². The van der Waals surface area contributed by atoms with E-state index in [4.69, 9.17) is 4.74 Å². The fourth-order valence-electron chi connectivity index (χ4n) is 1.76. The van der Waals surface area contributed by atoms with Crippen molar-refractivity contribution in [3.05, 3.63) is 59.7 Å². The number of pyridine rings is 1. The van der Waals surface area contributed by atoms with E-state index in [2.05, 4.69) is 4.98 Å². The number of ether oxygens (including phenoxy) is 1. The van der Waals surface area contributed by atoms with Gasteiger partial charge in [0.25, 0.3) is 0 Å². The number of nitrogens with zero attached hydrogens (tertiary/aromatic N) is 1. The molecule has 0 saturated carbocycles. The maximum atomic E-state index is 13.1. The maximum absolute atomic E-state index is 13.1. The third kappa shape index (κ3) is 2.33. The van der Waals surface area contributed by atoms with Crippen LogP contribution in [0.4, 0.5) is 4.39 Å². The fraction of sp³-hybridized carbons (Fsp3) is 0.214. The number of methoxy groups -OCH3 is 1. The molecule has 2 rings (SSSR count). The molecule has 0 aliphatic carbocycles. The Labute approximate surface area is 105 Å². The van der Waals surface area contributed by atoms with Crippen LogP contribution in [-0.4, -0.2) is 17.2 Å². The first-order valence-electron chi connectivity index (χ1n) is 5.52. The van der Waals surface area contributed by atoms with Crippen LogP contribution in [0.3, 0.4) is 0 Å². The number of hydrogen-bond acceptors (Lipinski definition) is 3. The predicted molar refractivity (Wildman–Crippen MR) is 65.9 cm³/mol. The molecule has 1 aromatic heterocycles. The number of aliphatic hydroxyl groups is 1. The Bertz CT molecular complexity index is 538. The molecule has 18 heavy (non-hydrogen) atoms. The van der Waals surface area contributed by atoms with Crippen molar-refractivity contribution >= 4 is 0 Å². The van der Waals surface area contributed by atoms with E-state index in [1.807, 2.05) is 0 Å². The van der Waals surface area contributed by atoms with Gasteiger partial charge in [0.2, 0.25) is 0 Å². The van der Waals surface area contributed by atoms with E-state index in [1.165, 1.54) is 12.3 Å². The second-order valence-corrected chi connectivity index (χ2v) is 4.19. The highest BCUT2D eigenvalue weighted by molar-refractivity contribution is 5.37. The van der Waals surface area contributed by atoms with Crippen LogP contribution < -0.4 is 4.74 Å². The van der Waals surface area contributed by atoms with E-state index in [0.29, 0.717) is 16.9 Å². The van der Waals surface area contributed by atoms with Crippen molar-refractivity contribution in [3.63, 3.8) is 0 Å². The summed E-state index contributed by atoms with van der Waals surface area (Å²) in [6.45, 7) is 1.60. The standard InChI is InChI=1S/C14H14FNO2/c1-14(17,11-7-12(15)9-16-8-11)10-3-5-13(18-2)6-4-10/h3-9,17H,1-2H3. The third-order valence-electron chi connectivity index (χ3n) is 2.92. The Morgan fingerprint density at radius 1 is 1.17 bits per heavy atom. The van der Waals surface area contributed by atoms with Gasteiger partial charge < -0.3 is 9.84 Å². The van der Waals surface area contributed by atoms with Crippen molar-refractivity contribution in [2.45, 2.75) is 12.5 Å².